The van der Waals surface area contributed by atoms with E-state index in [9.17, 15) is 4.79 Å². The van der Waals surface area contributed by atoms with Gasteiger partial charge >= 0.3 is 0 Å². The zero-order chi connectivity index (χ0) is 16.1. The van der Waals surface area contributed by atoms with Gasteiger partial charge in [0.25, 0.3) is 0 Å². The van der Waals surface area contributed by atoms with E-state index in [0.717, 1.165) is 11.3 Å². The first-order valence-corrected chi connectivity index (χ1v) is 7.26. The van der Waals surface area contributed by atoms with E-state index in [1.165, 1.54) is 0 Å². The van der Waals surface area contributed by atoms with E-state index in [1.54, 1.807) is 17.1 Å². The largest absolute Gasteiger partial charge is 0.326 e. The van der Waals surface area contributed by atoms with Crippen LogP contribution in [0.2, 0.25) is 0 Å². The van der Waals surface area contributed by atoms with Gasteiger partial charge in [-0.2, -0.15) is 4.68 Å². The van der Waals surface area contributed by atoms with Crippen LogP contribution in [0.3, 0.4) is 0 Å². The second-order valence-corrected chi connectivity index (χ2v) is 5.10. The summed E-state index contributed by atoms with van der Waals surface area (Å²) in [5.41, 5.74) is 2.56. The monoisotopic (exact) mass is 308 g/mol. The van der Waals surface area contributed by atoms with Crippen LogP contribution < -0.4 is 5.32 Å². The minimum atomic E-state index is -0.0422. The Morgan fingerprint density at radius 1 is 1.26 bits per heavy atom. The van der Waals surface area contributed by atoms with E-state index < -0.39 is 0 Å². The maximum Gasteiger partial charge on any atom is 0.224 e. The van der Waals surface area contributed by atoms with Crippen molar-refractivity contribution in [3.63, 3.8) is 0 Å². The van der Waals surface area contributed by atoms with Gasteiger partial charge in [0, 0.05) is 24.5 Å². The number of amides is 1. The summed E-state index contributed by atoms with van der Waals surface area (Å²) in [4.78, 5) is 16.1. The fourth-order valence-corrected chi connectivity index (χ4v) is 2.21. The molecule has 116 valence electrons. The third kappa shape index (κ3) is 3.76. The van der Waals surface area contributed by atoms with Crippen molar-refractivity contribution >= 4 is 11.6 Å². The highest BCUT2D eigenvalue weighted by molar-refractivity contribution is 5.91. The van der Waals surface area contributed by atoms with Gasteiger partial charge in [0.15, 0.2) is 5.82 Å². The molecule has 0 spiro atoms. The molecule has 2 aromatic heterocycles. The van der Waals surface area contributed by atoms with E-state index in [2.05, 4.69) is 25.8 Å². The molecule has 0 fully saturated rings. The zero-order valence-corrected chi connectivity index (χ0v) is 12.7. The van der Waals surface area contributed by atoms with Crippen LogP contribution in [0.4, 0.5) is 5.69 Å². The minimum Gasteiger partial charge on any atom is -0.326 e. The number of rotatable bonds is 5. The van der Waals surface area contributed by atoms with E-state index in [4.69, 9.17) is 0 Å². The number of tetrazole rings is 1. The van der Waals surface area contributed by atoms with Gasteiger partial charge in [0.2, 0.25) is 5.91 Å². The van der Waals surface area contributed by atoms with Gasteiger partial charge in [-0.25, -0.2) is 0 Å². The van der Waals surface area contributed by atoms with Gasteiger partial charge in [-0.1, -0.05) is 12.1 Å². The number of pyridine rings is 1. The van der Waals surface area contributed by atoms with Crippen molar-refractivity contribution in [2.24, 2.45) is 0 Å². The summed E-state index contributed by atoms with van der Waals surface area (Å²) in [7, 11) is 0. The highest BCUT2D eigenvalue weighted by atomic mass is 16.1. The third-order valence-electron chi connectivity index (χ3n) is 3.36. The molecule has 0 atom stereocenters. The van der Waals surface area contributed by atoms with Crippen molar-refractivity contribution < 1.29 is 4.79 Å². The molecule has 1 aromatic carbocycles. The summed E-state index contributed by atoms with van der Waals surface area (Å²) < 4.78 is 1.62. The maximum absolute atomic E-state index is 12.1. The van der Waals surface area contributed by atoms with E-state index in [1.807, 2.05) is 43.3 Å². The molecular weight excluding hydrogens is 292 g/mol. The smallest absolute Gasteiger partial charge is 0.224 e. The van der Waals surface area contributed by atoms with Crippen LogP contribution in [0.15, 0.2) is 48.8 Å². The molecular formula is C16H16N6O. The first-order chi connectivity index (χ1) is 11.2. The Balaban J connectivity index is 1.64. The number of hydrogen-bond acceptors (Lipinski definition) is 5. The molecule has 0 aliphatic carbocycles. The number of nitrogens with one attached hydrogen (secondary N) is 1. The van der Waals surface area contributed by atoms with Gasteiger partial charge in [0.1, 0.15) is 0 Å². The Hall–Kier alpha value is -3.09. The lowest BCUT2D eigenvalue weighted by atomic mass is 10.1. The second kappa shape index (κ2) is 6.78. The topological polar surface area (TPSA) is 85.6 Å². The van der Waals surface area contributed by atoms with Crippen molar-refractivity contribution in [3.05, 3.63) is 60.2 Å². The highest BCUT2D eigenvalue weighted by Crippen LogP contribution is 2.15. The van der Waals surface area contributed by atoms with Crippen LogP contribution in [0.1, 0.15) is 17.8 Å². The summed E-state index contributed by atoms with van der Waals surface area (Å²) in [5, 5.41) is 14.3. The van der Waals surface area contributed by atoms with Crippen LogP contribution in [0.25, 0.3) is 5.69 Å². The Morgan fingerprint density at radius 2 is 2.17 bits per heavy atom. The molecule has 1 N–H and O–H groups in total. The number of aromatic nitrogens is 5. The molecule has 3 rings (SSSR count). The summed E-state index contributed by atoms with van der Waals surface area (Å²) in [6.07, 6.45) is 4.55. The Kier molecular flexibility index (Phi) is 4.37. The normalized spacial score (nSPS) is 10.5. The van der Waals surface area contributed by atoms with Gasteiger partial charge in [-0.3, -0.25) is 9.78 Å². The Morgan fingerprint density at radius 3 is 2.91 bits per heavy atom. The first kappa shape index (κ1) is 14.8. The number of carbonyl (C=O) groups excluding carboxylic acids is 1. The Labute approximate surface area is 133 Å². The number of aryl methyl sites for hydroxylation is 2. The maximum atomic E-state index is 12.1. The molecule has 7 nitrogen and oxygen atoms in total. The molecule has 0 saturated carbocycles. The van der Waals surface area contributed by atoms with Gasteiger partial charge < -0.3 is 5.32 Å². The van der Waals surface area contributed by atoms with Crippen LogP contribution in [-0.4, -0.2) is 31.1 Å². The van der Waals surface area contributed by atoms with E-state index >= 15 is 0 Å². The van der Waals surface area contributed by atoms with Crippen molar-refractivity contribution in [2.75, 3.05) is 5.32 Å². The van der Waals surface area contributed by atoms with Crippen LogP contribution in [0, 0.1) is 6.92 Å². The summed E-state index contributed by atoms with van der Waals surface area (Å²) in [6.45, 7) is 1.82. The zero-order valence-electron chi connectivity index (χ0n) is 12.7. The fraction of sp³-hybridized carbons (Fsp3) is 0.188. The van der Waals surface area contributed by atoms with Gasteiger partial charge in [-0.15, -0.1) is 5.10 Å². The molecule has 7 heteroatoms. The molecule has 0 bridgehead atoms. The molecule has 0 unspecified atom stereocenters. The predicted molar refractivity (Wildman–Crippen MR) is 85.1 cm³/mol. The number of nitrogens with zero attached hydrogens (tertiary/aromatic N) is 5. The average Bonchev–Trinajstić information content (AvgIpc) is 3.00. The summed E-state index contributed by atoms with van der Waals surface area (Å²) in [6, 6.07) is 11.2. The molecule has 23 heavy (non-hydrogen) atoms. The third-order valence-corrected chi connectivity index (χ3v) is 3.36. The number of carbonyl (C=O) groups is 1. The summed E-state index contributed by atoms with van der Waals surface area (Å²) >= 11 is 0. The molecule has 2 heterocycles. The molecule has 0 saturated heterocycles. The molecule has 0 radical (unpaired) electrons. The van der Waals surface area contributed by atoms with Crippen molar-refractivity contribution in [1.82, 2.24) is 25.2 Å². The lowest BCUT2D eigenvalue weighted by Crippen LogP contribution is -2.12. The number of hydrogen-bond donors (Lipinski definition) is 1. The Bertz CT molecular complexity index is 799. The van der Waals surface area contributed by atoms with E-state index in [-0.39, 0.29) is 5.91 Å². The average molecular weight is 308 g/mol. The fourth-order valence-electron chi connectivity index (χ4n) is 2.21. The lowest BCUT2D eigenvalue weighted by Gasteiger charge is -2.08. The van der Waals surface area contributed by atoms with Gasteiger partial charge in [-0.05, 0) is 53.6 Å². The molecule has 0 aliphatic rings. The highest BCUT2D eigenvalue weighted by Gasteiger charge is 2.07. The van der Waals surface area contributed by atoms with Crippen LogP contribution in [-0.2, 0) is 11.2 Å². The van der Waals surface area contributed by atoms with Crippen LogP contribution >= 0.6 is 0 Å². The standard InChI is InChI=1S/C16H16N6O/c1-12-19-20-21-22(12)15-6-2-5-14(10-15)18-16(23)8-7-13-4-3-9-17-11-13/h2-6,9-11H,7-8H2,1H3,(H,18,23). The second-order valence-electron chi connectivity index (χ2n) is 5.10. The first-order valence-electron chi connectivity index (χ1n) is 7.26. The molecule has 0 aliphatic heterocycles. The number of anilines is 1. The lowest BCUT2D eigenvalue weighted by molar-refractivity contribution is -0.116. The van der Waals surface area contributed by atoms with E-state index in [0.29, 0.717) is 24.4 Å². The van der Waals surface area contributed by atoms with Gasteiger partial charge in [0.05, 0.1) is 5.69 Å². The summed E-state index contributed by atoms with van der Waals surface area (Å²) in [5.74, 6) is 0.643. The quantitative estimate of drug-likeness (QED) is 0.778. The van der Waals surface area contributed by atoms with Crippen LogP contribution in [0.5, 0.6) is 0 Å². The molecule has 1 amide bonds. The number of benzene rings is 1. The van der Waals surface area contributed by atoms with Crippen molar-refractivity contribution in [2.45, 2.75) is 19.8 Å². The SMILES string of the molecule is Cc1nnnn1-c1cccc(NC(=O)CCc2cccnc2)c1. The van der Waals surface area contributed by atoms with Crippen molar-refractivity contribution in [3.8, 4) is 5.69 Å². The minimum absolute atomic E-state index is 0.0422. The van der Waals surface area contributed by atoms with Crippen molar-refractivity contribution in [1.29, 1.82) is 0 Å². The predicted octanol–water partition coefficient (Wildman–Crippen LogP) is 1.94. The molecule has 3 aromatic rings.